The van der Waals surface area contributed by atoms with Crippen molar-refractivity contribution in [2.45, 2.75) is 0 Å². The molecule has 19 heteroatoms. The van der Waals surface area contributed by atoms with Gasteiger partial charge in [0.15, 0.2) is 0 Å². The van der Waals surface area contributed by atoms with Gasteiger partial charge in [-0.25, -0.2) is 0 Å². The first kappa shape index (κ1) is 614. The van der Waals surface area contributed by atoms with Crippen LogP contribution in [-0.2, 0) is 166 Å². The topological polar surface area (TPSA) is 370 Å². The fourth-order valence-corrected chi connectivity index (χ4v) is 0. The van der Waals surface area contributed by atoms with E-state index in [0.717, 1.165) is 0 Å². The van der Waals surface area contributed by atoms with E-state index in [1.807, 2.05) is 0 Å². The molecule has 0 amide bonds. The van der Waals surface area contributed by atoms with Gasteiger partial charge in [-0.2, -0.15) is 0 Å². The quantitative estimate of drug-likeness (QED) is 0.233. The zero-order chi connectivity index (χ0) is 0. The fourth-order valence-electron chi connectivity index (χ4n) is 0. The largest absolute Gasteiger partial charge is 4.00 e. The zero-order valence-electron chi connectivity index (χ0n) is 8.28. The van der Waals surface area contributed by atoms with Crippen LogP contribution in [0.5, 0.6) is 0 Å². The predicted octanol–water partition coefficient (Wildman–Crippen LogP) is -2.32. The second kappa shape index (κ2) is 536. The summed E-state index contributed by atoms with van der Waals surface area (Å²) in [5.41, 5.74) is 0. The molecule has 0 bridgehead atoms. The third-order valence-electron chi connectivity index (χ3n) is 0. The van der Waals surface area contributed by atoms with Crippen LogP contribution in [0, 0.1) is 0 Å². The SMILES string of the molecule is [In+3].[In+3].[Mo].[Mo].[O-2].[O-2].[O-2].[O-2].[O-2].[O-2].[O-2].[O-2].[O-2].[O-2].[O-2].[O-2].[O-2].[Zr+4].[Zr+4]. The summed E-state index contributed by atoms with van der Waals surface area (Å²) in [7, 11) is 0. The maximum Gasteiger partial charge on any atom is 4.00 e. The molecule has 0 heterocycles. The normalized spacial score (nSPS) is 0. The Balaban J connectivity index is 0. The Morgan fingerprint density at radius 2 is 0.211 bits per heavy atom. The molecule has 0 aliphatic carbocycles. The molecule has 0 spiro atoms. The Kier molecular flexibility index (Phi) is 17300. The molecule has 0 rings (SSSR count). The molecule has 0 atom stereocenters. The van der Waals surface area contributed by atoms with Crippen LogP contribution in [0.2, 0.25) is 0 Å². The summed E-state index contributed by atoms with van der Waals surface area (Å²) >= 11 is 0. The van der Waals surface area contributed by atoms with Crippen molar-refractivity contribution in [3.8, 4) is 0 Å². The molecule has 0 aromatic carbocycles. The van der Waals surface area contributed by atoms with Crippen LogP contribution in [0.15, 0.2) is 0 Å². The minimum absolute atomic E-state index is 0. The Morgan fingerprint density at radius 3 is 0.211 bits per heavy atom. The molecule has 0 unspecified atom stereocenters. The molecule has 13 nitrogen and oxygen atoms in total. The van der Waals surface area contributed by atoms with E-state index < -0.39 is 0 Å². The minimum atomic E-state index is 0. The van der Waals surface area contributed by atoms with Crippen LogP contribution < -0.4 is 0 Å². The van der Waals surface area contributed by atoms with Crippen LogP contribution in [0.25, 0.3) is 0 Å². The van der Waals surface area contributed by atoms with Crippen molar-refractivity contribution < 1.29 is 166 Å². The predicted molar refractivity (Wildman–Crippen MR) is 20.4 cm³/mol. The summed E-state index contributed by atoms with van der Waals surface area (Å²) in [6.07, 6.45) is 0. The van der Waals surface area contributed by atoms with Gasteiger partial charge in [-0.15, -0.1) is 0 Å². The first-order valence-corrected chi connectivity index (χ1v) is 0. The van der Waals surface area contributed by atoms with Crippen molar-refractivity contribution in [2.75, 3.05) is 0 Å². The number of hydrogen-bond acceptors (Lipinski definition) is 0. The second-order valence-electron chi connectivity index (χ2n) is 0. The van der Waals surface area contributed by atoms with E-state index in [0.29, 0.717) is 0 Å². The van der Waals surface area contributed by atoms with Crippen molar-refractivity contribution in [3.05, 3.63) is 0 Å². The molecular weight excluding hydrogens is 812 g/mol. The summed E-state index contributed by atoms with van der Waals surface area (Å²) < 4.78 is 0. The van der Waals surface area contributed by atoms with Gasteiger partial charge in [0.2, 0.25) is 0 Å². The molecule has 0 radical (unpaired) electrons. The monoisotopic (exact) mass is 813 g/mol. The van der Waals surface area contributed by atoms with Gasteiger partial charge in [0.25, 0.3) is 0 Å². The minimum Gasteiger partial charge on any atom is -2.00 e. The van der Waals surface area contributed by atoms with E-state index in [-0.39, 0.29) is 217 Å². The van der Waals surface area contributed by atoms with Crippen LogP contribution in [-0.4, -0.2) is 51.7 Å². The maximum absolute atomic E-state index is 0. The Hall–Kier alpha value is 4.36. The molecule has 0 aliphatic rings. The van der Waals surface area contributed by atoms with Gasteiger partial charge in [-0.3, -0.25) is 0 Å². The average molecular weight is 812 g/mol. The fraction of sp³-hybridized carbons (Fsp3) is 0. The van der Waals surface area contributed by atoms with Crippen molar-refractivity contribution >= 4 is 51.7 Å². The van der Waals surface area contributed by atoms with Gasteiger partial charge >= 0.3 is 104 Å². The first-order valence-electron chi connectivity index (χ1n) is 0. The van der Waals surface area contributed by atoms with Gasteiger partial charge in [-0.1, -0.05) is 0 Å². The van der Waals surface area contributed by atoms with E-state index in [1.54, 1.807) is 0 Å². The zero-order valence-corrected chi connectivity index (χ0v) is 23.8. The summed E-state index contributed by atoms with van der Waals surface area (Å²) in [6.45, 7) is 0. The summed E-state index contributed by atoms with van der Waals surface area (Å²) in [4.78, 5) is 0. The van der Waals surface area contributed by atoms with Crippen molar-refractivity contribution in [3.63, 3.8) is 0 Å². The van der Waals surface area contributed by atoms with Crippen molar-refractivity contribution in [2.24, 2.45) is 0 Å². The van der Waals surface area contributed by atoms with Gasteiger partial charge < -0.3 is 71.2 Å². The third-order valence-corrected chi connectivity index (χ3v) is 0. The smallest absolute Gasteiger partial charge is 2.00 e. The van der Waals surface area contributed by atoms with Crippen LogP contribution in [0.1, 0.15) is 0 Å². The second-order valence-corrected chi connectivity index (χ2v) is 0. The van der Waals surface area contributed by atoms with Crippen LogP contribution >= 0.6 is 0 Å². The standard InChI is InChI=1S/2In.2Mo.13O.2Zr/q2*+3;;;13*-2;2*+4. The number of hydrogen-bond donors (Lipinski definition) is 0. The van der Waals surface area contributed by atoms with Crippen LogP contribution in [0.4, 0.5) is 0 Å². The molecular formula is In2Mo2O13Zr2-12. The maximum atomic E-state index is 0. The van der Waals surface area contributed by atoms with Crippen LogP contribution in [0.3, 0.4) is 0 Å². The first-order chi connectivity index (χ1) is 0. The summed E-state index contributed by atoms with van der Waals surface area (Å²) in [6, 6.07) is 0. The van der Waals surface area contributed by atoms with E-state index in [9.17, 15) is 0 Å². The van der Waals surface area contributed by atoms with E-state index in [2.05, 4.69) is 0 Å². The molecule has 0 saturated carbocycles. The molecule has 0 aromatic rings. The van der Waals surface area contributed by atoms with Crippen molar-refractivity contribution in [1.82, 2.24) is 0 Å². The van der Waals surface area contributed by atoms with E-state index >= 15 is 0 Å². The van der Waals surface area contributed by atoms with Crippen molar-refractivity contribution in [1.29, 1.82) is 0 Å². The molecule has 19 heavy (non-hydrogen) atoms. The molecule has 0 N–H and O–H groups in total. The van der Waals surface area contributed by atoms with Gasteiger partial charge in [0, 0.05) is 42.1 Å². The molecule has 0 saturated heterocycles. The van der Waals surface area contributed by atoms with Gasteiger partial charge in [0.05, 0.1) is 0 Å². The Labute approximate surface area is 214 Å². The van der Waals surface area contributed by atoms with E-state index in [1.165, 1.54) is 0 Å². The molecule has 0 fully saturated rings. The Morgan fingerprint density at radius 1 is 0.211 bits per heavy atom. The van der Waals surface area contributed by atoms with E-state index in [4.69, 9.17) is 0 Å². The Bertz CT molecular complexity index is 26.6. The summed E-state index contributed by atoms with van der Waals surface area (Å²) in [5, 5.41) is 0. The molecule has 0 aromatic heterocycles. The van der Waals surface area contributed by atoms with Gasteiger partial charge in [-0.05, 0) is 0 Å². The summed E-state index contributed by atoms with van der Waals surface area (Å²) in [5.74, 6) is 0. The average Bonchev–Trinajstić information content (AvgIpc) is 0. The third kappa shape index (κ3) is 487. The van der Waals surface area contributed by atoms with Gasteiger partial charge in [0.1, 0.15) is 0 Å². The molecule has 0 aliphatic heterocycles. The number of rotatable bonds is 0. The molecule has 116 valence electrons.